The second kappa shape index (κ2) is 4.94. The maximum atomic E-state index is 5.74. The van der Waals surface area contributed by atoms with Crippen molar-refractivity contribution < 1.29 is 4.18 Å². The van der Waals surface area contributed by atoms with Gasteiger partial charge in [0.25, 0.3) is 0 Å². The summed E-state index contributed by atoms with van der Waals surface area (Å²) in [6.07, 6.45) is 1.62. The summed E-state index contributed by atoms with van der Waals surface area (Å²) in [5, 5.41) is 0.628. The Labute approximate surface area is 92.1 Å². The Morgan fingerprint density at radius 2 is 2.50 bits per heavy atom. The van der Waals surface area contributed by atoms with E-state index in [0.717, 1.165) is 0 Å². The molecule has 1 aromatic heterocycles. The van der Waals surface area contributed by atoms with E-state index in [-0.39, 0.29) is 0 Å². The van der Waals surface area contributed by atoms with E-state index >= 15 is 0 Å². The third-order valence-electron chi connectivity index (χ3n) is 1.14. The molecule has 0 spiro atoms. The Morgan fingerprint density at radius 1 is 1.75 bits per heavy atom. The predicted molar refractivity (Wildman–Crippen MR) is 61.0 cm³/mol. The van der Waals surface area contributed by atoms with E-state index in [1.54, 1.807) is 18.3 Å². The van der Waals surface area contributed by atoms with Crippen molar-refractivity contribution in [3.05, 3.63) is 35.6 Å². The van der Waals surface area contributed by atoms with Gasteiger partial charge in [0, 0.05) is 32.4 Å². The molecule has 0 radical (unpaired) electrons. The summed E-state index contributed by atoms with van der Waals surface area (Å²) in [4.78, 5) is 4.03. The van der Waals surface area contributed by atoms with Gasteiger partial charge in [-0.3, -0.25) is 4.98 Å². The molecule has 0 bridgehead atoms. The first-order chi connectivity index (χ1) is 5.74. The van der Waals surface area contributed by atoms with Crippen molar-refractivity contribution in [3.8, 4) is 0 Å². The monoisotopic (exact) mass is 313 g/mol. The van der Waals surface area contributed by atoms with Crippen LogP contribution in [0, 0.1) is 0 Å². The maximum absolute atomic E-state index is 5.74. The van der Waals surface area contributed by atoms with Crippen molar-refractivity contribution in [1.82, 2.24) is 4.98 Å². The van der Waals surface area contributed by atoms with Crippen LogP contribution >= 0.6 is 42.0 Å². The van der Waals surface area contributed by atoms with Crippen molar-refractivity contribution in [1.29, 1.82) is 0 Å². The average Bonchev–Trinajstić information content (AvgIpc) is 2.05. The molecule has 0 fully saturated rings. The molecule has 0 atom stereocenters. The summed E-state index contributed by atoms with van der Waals surface area (Å²) < 4.78 is 5.07. The summed E-state index contributed by atoms with van der Waals surface area (Å²) in [5.74, 6) is 0.511. The standard InChI is InChI=1S/C7H5ClINOS/c1-5(11-12-9)7-4-6(8)2-3-10-7/h2-4H,1H2. The molecule has 0 N–H and O–H groups in total. The largest absolute Gasteiger partial charge is 0.413 e. The quantitative estimate of drug-likeness (QED) is 0.482. The summed E-state index contributed by atoms with van der Waals surface area (Å²) in [6, 6.07) is 3.41. The summed E-state index contributed by atoms with van der Waals surface area (Å²) >= 11 is 7.75. The number of halogens is 2. The number of hydrogen-bond acceptors (Lipinski definition) is 3. The zero-order chi connectivity index (χ0) is 8.97. The van der Waals surface area contributed by atoms with E-state index in [4.69, 9.17) is 15.8 Å². The fraction of sp³-hybridized carbons (Fsp3) is 0. The normalized spacial score (nSPS) is 9.50. The molecule has 1 rings (SSSR count). The molecule has 2 nitrogen and oxygen atoms in total. The lowest BCUT2D eigenvalue weighted by molar-refractivity contribution is 0.612. The molecule has 5 heteroatoms. The lowest BCUT2D eigenvalue weighted by Gasteiger charge is -2.02. The SMILES string of the molecule is C=C(OSI)c1cc(Cl)ccn1. The Hall–Kier alpha value is 0.0600. The fourth-order valence-corrected chi connectivity index (χ4v) is 1.61. The van der Waals surface area contributed by atoms with E-state index in [1.165, 1.54) is 9.21 Å². The van der Waals surface area contributed by atoms with E-state index in [0.29, 0.717) is 16.5 Å². The highest BCUT2D eigenvalue weighted by Gasteiger charge is 2.01. The zero-order valence-electron chi connectivity index (χ0n) is 5.96. The van der Waals surface area contributed by atoms with Gasteiger partial charge in [0.05, 0.1) is 0 Å². The zero-order valence-corrected chi connectivity index (χ0v) is 9.69. The third-order valence-corrected chi connectivity index (χ3v) is 2.18. The van der Waals surface area contributed by atoms with Gasteiger partial charge in [0.15, 0.2) is 5.76 Å². The van der Waals surface area contributed by atoms with Gasteiger partial charge < -0.3 is 4.18 Å². The van der Waals surface area contributed by atoms with Crippen molar-refractivity contribution in [2.75, 3.05) is 0 Å². The van der Waals surface area contributed by atoms with E-state index in [1.807, 2.05) is 21.2 Å². The van der Waals surface area contributed by atoms with Gasteiger partial charge in [0.2, 0.25) is 0 Å². The Kier molecular flexibility index (Phi) is 4.17. The van der Waals surface area contributed by atoms with Crippen molar-refractivity contribution in [2.45, 2.75) is 0 Å². The average molecular weight is 314 g/mol. The first kappa shape index (κ1) is 10.1. The number of hydrogen-bond donors (Lipinski definition) is 0. The molecule has 64 valence electrons. The highest BCUT2D eigenvalue weighted by atomic mass is 127. The van der Waals surface area contributed by atoms with E-state index < -0.39 is 0 Å². The smallest absolute Gasteiger partial charge is 0.156 e. The van der Waals surface area contributed by atoms with Crippen LogP contribution in [0.15, 0.2) is 24.9 Å². The van der Waals surface area contributed by atoms with Gasteiger partial charge in [-0.15, -0.1) is 0 Å². The van der Waals surface area contributed by atoms with Crippen molar-refractivity contribution >= 4 is 47.8 Å². The molecular weight excluding hydrogens is 309 g/mol. The highest BCUT2D eigenvalue weighted by Crippen LogP contribution is 2.23. The minimum absolute atomic E-state index is 0.511. The van der Waals surface area contributed by atoms with Gasteiger partial charge in [-0.05, 0) is 12.1 Å². The van der Waals surface area contributed by atoms with Gasteiger partial charge in [-0.25, -0.2) is 0 Å². The van der Waals surface area contributed by atoms with Crippen molar-refractivity contribution in [3.63, 3.8) is 0 Å². The van der Waals surface area contributed by atoms with Crippen LogP contribution in [0.25, 0.3) is 5.76 Å². The van der Waals surface area contributed by atoms with Gasteiger partial charge >= 0.3 is 0 Å². The topological polar surface area (TPSA) is 22.1 Å². The van der Waals surface area contributed by atoms with Crippen LogP contribution in [-0.4, -0.2) is 4.98 Å². The Morgan fingerprint density at radius 3 is 3.08 bits per heavy atom. The van der Waals surface area contributed by atoms with Crippen LogP contribution in [-0.2, 0) is 4.18 Å². The van der Waals surface area contributed by atoms with Crippen LogP contribution in [0.5, 0.6) is 0 Å². The lowest BCUT2D eigenvalue weighted by atomic mass is 10.3. The molecule has 0 aromatic carbocycles. The summed E-state index contributed by atoms with van der Waals surface area (Å²) in [6.45, 7) is 3.69. The van der Waals surface area contributed by atoms with Crippen LogP contribution in [0.4, 0.5) is 0 Å². The molecular formula is C7H5ClINOS. The number of rotatable bonds is 3. The second-order valence-corrected chi connectivity index (χ2v) is 3.74. The predicted octanol–water partition coefficient (Wildman–Crippen LogP) is 3.72. The molecule has 0 unspecified atom stereocenters. The minimum atomic E-state index is 0.511. The van der Waals surface area contributed by atoms with E-state index in [9.17, 15) is 0 Å². The number of aromatic nitrogens is 1. The lowest BCUT2D eigenvalue weighted by Crippen LogP contribution is -1.86. The number of pyridine rings is 1. The summed E-state index contributed by atoms with van der Waals surface area (Å²) in [7, 11) is 1.20. The van der Waals surface area contributed by atoms with Crippen LogP contribution in [0.3, 0.4) is 0 Å². The Bertz CT molecular complexity index is 294. The molecule has 0 aliphatic carbocycles. The third kappa shape index (κ3) is 2.84. The highest BCUT2D eigenvalue weighted by molar-refractivity contribution is 14.2. The fourth-order valence-electron chi connectivity index (χ4n) is 0.638. The molecule has 0 aliphatic rings. The second-order valence-electron chi connectivity index (χ2n) is 1.93. The van der Waals surface area contributed by atoms with Crippen LogP contribution in [0.2, 0.25) is 5.02 Å². The summed E-state index contributed by atoms with van der Waals surface area (Å²) in [5.41, 5.74) is 0.659. The van der Waals surface area contributed by atoms with Crippen molar-refractivity contribution in [2.24, 2.45) is 0 Å². The molecule has 0 amide bonds. The van der Waals surface area contributed by atoms with Crippen LogP contribution in [0.1, 0.15) is 5.69 Å². The molecule has 0 saturated heterocycles. The van der Waals surface area contributed by atoms with Crippen LogP contribution < -0.4 is 0 Å². The molecule has 0 saturated carbocycles. The number of nitrogens with zero attached hydrogens (tertiary/aromatic N) is 1. The minimum Gasteiger partial charge on any atom is -0.413 e. The first-order valence-corrected chi connectivity index (χ1v) is 6.66. The first-order valence-electron chi connectivity index (χ1n) is 3.00. The molecule has 1 heterocycles. The molecule has 12 heavy (non-hydrogen) atoms. The van der Waals surface area contributed by atoms with Gasteiger partial charge in [0.1, 0.15) is 14.9 Å². The van der Waals surface area contributed by atoms with Gasteiger partial charge in [-0.1, -0.05) is 18.2 Å². The molecule has 0 aliphatic heterocycles. The molecule has 1 aromatic rings. The van der Waals surface area contributed by atoms with E-state index in [2.05, 4.69) is 11.6 Å². The van der Waals surface area contributed by atoms with Gasteiger partial charge in [-0.2, -0.15) is 0 Å². The maximum Gasteiger partial charge on any atom is 0.156 e. The Balaban J connectivity index is 2.81.